The zero-order chi connectivity index (χ0) is 8.58. The molecule has 0 saturated heterocycles. The summed E-state index contributed by atoms with van der Waals surface area (Å²) in [7, 11) is -9.72. The van der Waals surface area contributed by atoms with Crippen molar-refractivity contribution in [2.75, 3.05) is 0 Å². The molecule has 1 atom stereocenters. The Hall–Kier alpha value is -0.310. The lowest BCUT2D eigenvalue weighted by molar-refractivity contribution is -0.0411. The third-order valence-corrected chi connectivity index (χ3v) is 3.46. The van der Waals surface area contributed by atoms with Gasteiger partial charge in [0.15, 0.2) is 0 Å². The maximum atomic E-state index is 11.2. The first-order valence-electron chi connectivity index (χ1n) is 1.69. The van der Waals surface area contributed by atoms with Crippen molar-refractivity contribution in [3.05, 3.63) is 0 Å². The van der Waals surface area contributed by atoms with Gasteiger partial charge in [-0.1, -0.05) is 0 Å². The predicted octanol–water partition coefficient (Wildman–Crippen LogP) is 0.0794. The van der Waals surface area contributed by atoms with Crippen LogP contribution in [0.3, 0.4) is 0 Å². The lowest BCUT2D eigenvalue weighted by Crippen LogP contribution is -2.23. The molecule has 0 aliphatic heterocycles. The van der Waals surface area contributed by atoms with E-state index in [1.54, 1.807) is 0 Å². The topological polar surface area (TPSA) is 75.1 Å². The first-order chi connectivity index (χ1) is 4.19. The van der Waals surface area contributed by atoms with Crippen LogP contribution in [0.5, 0.6) is 0 Å². The smallest absolute Gasteiger partial charge is 0.242 e. The fraction of sp³-hybridized carbons (Fsp3) is 1.00. The van der Waals surface area contributed by atoms with Gasteiger partial charge in [-0.05, 0) is 0 Å². The highest BCUT2D eigenvalue weighted by Crippen LogP contribution is 2.23. The van der Waals surface area contributed by atoms with Gasteiger partial charge in [-0.3, -0.25) is 0 Å². The number of hydrogen-bond donors (Lipinski definition) is 2. The van der Waals surface area contributed by atoms with Gasteiger partial charge in [0.2, 0.25) is 0 Å². The molecule has 0 fully saturated rings. The summed E-state index contributed by atoms with van der Waals surface area (Å²) in [5.74, 6) is 0. The van der Waals surface area contributed by atoms with Crippen LogP contribution in [0.25, 0.3) is 0 Å². The molecule has 0 aromatic carbocycles. The van der Waals surface area contributed by atoms with Crippen molar-refractivity contribution in [3.8, 4) is 0 Å². The van der Waals surface area contributed by atoms with Crippen LogP contribution in [0, 0.1) is 4.78 Å². The molecule has 1 N–H and O–H groups in total. The minimum absolute atomic E-state index is 3.98. The highest BCUT2D eigenvalue weighted by atomic mass is 33.1. The molecular formula is CH2F3NO3S2. The van der Waals surface area contributed by atoms with Crippen LogP contribution < -0.4 is 0 Å². The Morgan fingerprint density at radius 3 is 1.60 bits per heavy atom. The molecule has 1 unspecified atom stereocenters. The van der Waals surface area contributed by atoms with Gasteiger partial charge >= 0.3 is 14.4 Å². The summed E-state index contributed by atoms with van der Waals surface area (Å²) in [5.41, 5.74) is -5.58. The van der Waals surface area contributed by atoms with Gasteiger partial charge in [-0.15, -0.1) is 0 Å². The van der Waals surface area contributed by atoms with E-state index in [0.29, 0.717) is 0 Å². The largest absolute Gasteiger partial charge is 0.510 e. The van der Waals surface area contributed by atoms with E-state index in [1.807, 2.05) is 0 Å². The quantitative estimate of drug-likeness (QED) is 0.461. The van der Waals surface area contributed by atoms with E-state index in [9.17, 15) is 25.8 Å². The summed E-state index contributed by atoms with van der Waals surface area (Å²) in [6.45, 7) is 0. The summed E-state index contributed by atoms with van der Waals surface area (Å²) in [6.07, 6.45) is 0. The second kappa shape index (κ2) is 2.38. The standard InChI is InChI=1S/CH2F3NO3S2/c2-1(3,4)10(7,8)9(5)6/h5,9H. The number of nitrogens with one attached hydrogen (secondary N) is 1. The van der Waals surface area contributed by atoms with Crippen molar-refractivity contribution in [1.82, 2.24) is 0 Å². The van der Waals surface area contributed by atoms with Crippen molar-refractivity contribution in [1.29, 1.82) is 4.78 Å². The first kappa shape index (κ1) is 9.69. The van der Waals surface area contributed by atoms with Crippen molar-refractivity contribution in [3.63, 3.8) is 0 Å². The maximum absolute atomic E-state index is 11.2. The molecule has 0 heterocycles. The van der Waals surface area contributed by atoms with Gasteiger partial charge in [-0.2, -0.15) is 13.2 Å². The highest BCUT2D eigenvalue weighted by Gasteiger charge is 2.47. The Balaban J connectivity index is 5.19. The summed E-state index contributed by atoms with van der Waals surface area (Å²) >= 11 is 0. The molecule has 10 heavy (non-hydrogen) atoms. The molecule has 0 aromatic heterocycles. The van der Waals surface area contributed by atoms with Crippen LogP contribution in [0.2, 0.25) is 0 Å². The van der Waals surface area contributed by atoms with Gasteiger partial charge in [0.25, 0.3) is 0 Å². The van der Waals surface area contributed by atoms with Gasteiger partial charge in [0.1, 0.15) is 9.63 Å². The minimum atomic E-state index is -5.74. The van der Waals surface area contributed by atoms with Crippen LogP contribution in [0.4, 0.5) is 13.2 Å². The molecule has 0 aliphatic rings. The number of halogens is 3. The van der Waals surface area contributed by atoms with Crippen molar-refractivity contribution < 1.29 is 25.8 Å². The zero-order valence-electron chi connectivity index (χ0n) is 4.21. The highest BCUT2D eigenvalue weighted by molar-refractivity contribution is 8.59. The number of rotatable bonds is 1. The number of alkyl halides is 3. The van der Waals surface area contributed by atoms with Crippen molar-refractivity contribution in [2.45, 2.75) is 5.51 Å². The van der Waals surface area contributed by atoms with Crippen LogP contribution in [0.15, 0.2) is 0 Å². The zero-order valence-corrected chi connectivity index (χ0v) is 5.93. The Morgan fingerprint density at radius 1 is 1.30 bits per heavy atom. The van der Waals surface area contributed by atoms with Gasteiger partial charge in [-0.25, -0.2) is 17.4 Å². The fourth-order valence-electron chi connectivity index (χ4n) is 0.0940. The van der Waals surface area contributed by atoms with E-state index >= 15 is 0 Å². The molecule has 62 valence electrons. The van der Waals surface area contributed by atoms with Crippen LogP contribution in [0.1, 0.15) is 0 Å². The summed E-state index contributed by atoms with van der Waals surface area (Å²) in [6, 6.07) is 0. The molecule has 0 amide bonds. The Bertz CT molecular complexity index is 275. The Morgan fingerprint density at radius 2 is 1.60 bits per heavy atom. The van der Waals surface area contributed by atoms with Gasteiger partial charge in [0, 0.05) is 0 Å². The first-order valence-corrected chi connectivity index (χ1v) is 5.04. The van der Waals surface area contributed by atoms with E-state index in [1.165, 1.54) is 0 Å². The van der Waals surface area contributed by atoms with E-state index in [2.05, 4.69) is 0 Å². The second-order valence-corrected chi connectivity index (χ2v) is 5.54. The molecule has 9 heteroatoms. The number of hydrogen-bond acceptors (Lipinski definition) is 4. The third-order valence-electron chi connectivity index (χ3n) is 0.511. The molecule has 0 saturated carbocycles. The molecular weight excluding hydrogens is 195 g/mol. The SMILES string of the molecule is N=[SH](=O)S(=O)(=O)C(F)(F)F. The van der Waals surface area contributed by atoms with E-state index in [-0.39, 0.29) is 0 Å². The molecule has 0 aromatic rings. The van der Waals surface area contributed by atoms with Crippen LogP contribution in [-0.4, -0.2) is 18.1 Å². The molecule has 0 rings (SSSR count). The normalized spacial score (nSPS) is 16.7. The molecule has 0 radical (unpaired) electrons. The summed E-state index contributed by atoms with van der Waals surface area (Å²) < 4.78 is 68.5. The predicted molar refractivity (Wildman–Crippen MR) is 27.2 cm³/mol. The Kier molecular flexibility index (Phi) is 2.31. The summed E-state index contributed by atoms with van der Waals surface area (Å²) in [5, 5.41) is 0. The van der Waals surface area contributed by atoms with Crippen LogP contribution in [-0.2, 0) is 18.5 Å². The lowest BCUT2D eigenvalue weighted by atomic mass is 11.6. The molecule has 4 nitrogen and oxygen atoms in total. The average Bonchev–Trinajstić information content (AvgIpc) is 1.62. The second-order valence-electron chi connectivity index (χ2n) is 1.18. The van der Waals surface area contributed by atoms with Gasteiger partial charge < -0.3 is 0 Å². The van der Waals surface area contributed by atoms with E-state index in [0.717, 1.165) is 0 Å². The minimum Gasteiger partial charge on any atom is -0.242 e. The van der Waals surface area contributed by atoms with E-state index < -0.39 is 24.0 Å². The van der Waals surface area contributed by atoms with Crippen molar-refractivity contribution >= 4 is 18.5 Å². The van der Waals surface area contributed by atoms with Crippen LogP contribution >= 0.6 is 0 Å². The van der Waals surface area contributed by atoms with Crippen molar-refractivity contribution in [2.24, 2.45) is 0 Å². The molecule has 0 aliphatic carbocycles. The molecule has 0 bridgehead atoms. The van der Waals surface area contributed by atoms with Gasteiger partial charge in [0.05, 0.1) is 0 Å². The monoisotopic (exact) mass is 197 g/mol. The average molecular weight is 197 g/mol. The maximum Gasteiger partial charge on any atom is 0.510 e. The third kappa shape index (κ3) is 1.59. The summed E-state index contributed by atoms with van der Waals surface area (Å²) in [4.78, 5) is 0. The fourth-order valence-corrected chi connectivity index (χ4v) is 0.846. The van der Waals surface area contributed by atoms with E-state index in [4.69, 9.17) is 4.78 Å². The number of thiol groups is 1. The molecule has 0 spiro atoms. The lowest BCUT2D eigenvalue weighted by Gasteiger charge is -2.00. The Labute approximate surface area is 55.4 Å².